The molecule has 3 unspecified atom stereocenters. The van der Waals surface area contributed by atoms with Crippen molar-refractivity contribution in [2.24, 2.45) is 11.8 Å². The molecule has 1 aliphatic rings. The number of ether oxygens (including phenoxy) is 1. The zero-order valence-corrected chi connectivity index (χ0v) is 11.8. The SMILES string of the molecule is CC(C)C(CI)NC(=O)C1CCOC1C. The second kappa shape index (κ2) is 6.03. The van der Waals surface area contributed by atoms with Gasteiger partial charge in [-0.05, 0) is 19.3 Å². The van der Waals surface area contributed by atoms with Gasteiger partial charge in [-0.25, -0.2) is 0 Å². The molecule has 3 atom stereocenters. The van der Waals surface area contributed by atoms with E-state index >= 15 is 0 Å². The molecule has 4 heteroatoms. The van der Waals surface area contributed by atoms with Crippen molar-refractivity contribution in [3.05, 3.63) is 0 Å². The molecule has 1 rings (SSSR count). The summed E-state index contributed by atoms with van der Waals surface area (Å²) in [5.41, 5.74) is 0. The Hall–Kier alpha value is 0.160. The zero-order chi connectivity index (χ0) is 11.4. The van der Waals surface area contributed by atoms with Gasteiger partial charge in [-0.2, -0.15) is 0 Å². The summed E-state index contributed by atoms with van der Waals surface area (Å²) in [4.78, 5) is 11.9. The van der Waals surface area contributed by atoms with Crippen molar-refractivity contribution in [3.8, 4) is 0 Å². The molecule has 0 aromatic rings. The van der Waals surface area contributed by atoms with Crippen LogP contribution in [-0.2, 0) is 9.53 Å². The number of carbonyl (C=O) groups is 1. The second-order valence-corrected chi connectivity index (χ2v) is 5.37. The van der Waals surface area contributed by atoms with Crippen LogP contribution in [-0.4, -0.2) is 29.1 Å². The van der Waals surface area contributed by atoms with Gasteiger partial charge in [0.15, 0.2) is 0 Å². The minimum Gasteiger partial charge on any atom is -0.378 e. The minimum absolute atomic E-state index is 0.0502. The van der Waals surface area contributed by atoms with Crippen molar-refractivity contribution in [1.82, 2.24) is 5.32 Å². The van der Waals surface area contributed by atoms with Crippen molar-refractivity contribution in [3.63, 3.8) is 0 Å². The fourth-order valence-electron chi connectivity index (χ4n) is 1.75. The summed E-state index contributed by atoms with van der Waals surface area (Å²) < 4.78 is 6.36. The van der Waals surface area contributed by atoms with Crippen LogP contribution in [0.5, 0.6) is 0 Å². The van der Waals surface area contributed by atoms with Crippen LogP contribution < -0.4 is 5.32 Å². The third kappa shape index (κ3) is 3.59. The first kappa shape index (κ1) is 13.2. The summed E-state index contributed by atoms with van der Waals surface area (Å²) in [7, 11) is 0. The Morgan fingerprint density at radius 1 is 1.60 bits per heavy atom. The van der Waals surface area contributed by atoms with Gasteiger partial charge in [-0.3, -0.25) is 4.79 Å². The largest absolute Gasteiger partial charge is 0.378 e. The van der Waals surface area contributed by atoms with E-state index in [0.29, 0.717) is 5.92 Å². The maximum absolute atomic E-state index is 11.9. The number of hydrogen-bond donors (Lipinski definition) is 1. The normalized spacial score (nSPS) is 28.1. The van der Waals surface area contributed by atoms with Gasteiger partial charge < -0.3 is 10.1 Å². The molecule has 0 spiro atoms. The maximum atomic E-state index is 11.9. The Morgan fingerprint density at radius 3 is 2.67 bits per heavy atom. The lowest BCUT2D eigenvalue weighted by Crippen LogP contribution is -2.44. The molecule has 0 aromatic carbocycles. The van der Waals surface area contributed by atoms with Gasteiger partial charge in [0.05, 0.1) is 12.0 Å². The lowest BCUT2D eigenvalue weighted by Gasteiger charge is -2.23. The van der Waals surface area contributed by atoms with Crippen molar-refractivity contribution >= 4 is 28.5 Å². The van der Waals surface area contributed by atoms with E-state index in [4.69, 9.17) is 4.74 Å². The van der Waals surface area contributed by atoms with E-state index in [1.165, 1.54) is 0 Å². The molecule has 3 nitrogen and oxygen atoms in total. The Morgan fingerprint density at radius 2 is 2.27 bits per heavy atom. The van der Waals surface area contributed by atoms with Gasteiger partial charge in [0.2, 0.25) is 5.91 Å². The molecular weight excluding hydrogens is 305 g/mol. The molecular formula is C11H20INO2. The highest BCUT2D eigenvalue weighted by Crippen LogP contribution is 2.21. The predicted molar refractivity (Wildman–Crippen MR) is 69.2 cm³/mol. The predicted octanol–water partition coefficient (Wildman–Crippen LogP) is 1.99. The first-order valence-corrected chi connectivity index (χ1v) is 7.06. The Labute approximate surface area is 105 Å². The maximum Gasteiger partial charge on any atom is 0.226 e. The number of alkyl halides is 1. The number of rotatable bonds is 4. The number of amides is 1. The fourth-order valence-corrected chi connectivity index (χ4v) is 2.99. The average molecular weight is 325 g/mol. The molecule has 0 aliphatic carbocycles. The van der Waals surface area contributed by atoms with E-state index in [-0.39, 0.29) is 24.0 Å². The van der Waals surface area contributed by atoms with E-state index in [1.807, 2.05) is 6.92 Å². The van der Waals surface area contributed by atoms with E-state index in [2.05, 4.69) is 41.8 Å². The summed E-state index contributed by atoms with van der Waals surface area (Å²) in [6.45, 7) is 6.97. The molecule has 0 radical (unpaired) electrons. The third-order valence-corrected chi connectivity index (χ3v) is 3.96. The lowest BCUT2D eigenvalue weighted by molar-refractivity contribution is -0.127. The Balaban J connectivity index is 2.46. The molecule has 1 saturated heterocycles. The van der Waals surface area contributed by atoms with Crippen LogP contribution in [0, 0.1) is 11.8 Å². The Kier molecular flexibility index (Phi) is 5.32. The summed E-state index contributed by atoms with van der Waals surface area (Å²) >= 11 is 2.32. The highest BCUT2D eigenvalue weighted by molar-refractivity contribution is 14.1. The number of halogens is 1. The van der Waals surface area contributed by atoms with E-state index < -0.39 is 0 Å². The first-order valence-electron chi connectivity index (χ1n) is 5.54. The molecule has 1 heterocycles. The van der Waals surface area contributed by atoms with E-state index in [0.717, 1.165) is 17.5 Å². The summed E-state index contributed by atoms with van der Waals surface area (Å²) in [6.07, 6.45) is 0.936. The van der Waals surface area contributed by atoms with Gasteiger partial charge in [0.25, 0.3) is 0 Å². The smallest absolute Gasteiger partial charge is 0.226 e. The van der Waals surface area contributed by atoms with Crippen LogP contribution in [0.25, 0.3) is 0 Å². The van der Waals surface area contributed by atoms with Gasteiger partial charge in [-0.1, -0.05) is 36.4 Å². The number of hydrogen-bond acceptors (Lipinski definition) is 2. The molecule has 1 N–H and O–H groups in total. The lowest BCUT2D eigenvalue weighted by atomic mass is 10.00. The van der Waals surface area contributed by atoms with E-state index in [9.17, 15) is 4.79 Å². The second-order valence-electron chi connectivity index (χ2n) is 4.48. The Bertz CT molecular complexity index is 221. The molecule has 1 amide bonds. The fraction of sp³-hybridized carbons (Fsp3) is 0.909. The molecule has 0 saturated carbocycles. The zero-order valence-electron chi connectivity index (χ0n) is 9.63. The van der Waals surface area contributed by atoms with Gasteiger partial charge >= 0.3 is 0 Å². The molecule has 1 fully saturated rings. The van der Waals surface area contributed by atoms with Crippen LogP contribution in [0.4, 0.5) is 0 Å². The molecule has 88 valence electrons. The molecule has 0 aromatic heterocycles. The van der Waals surface area contributed by atoms with Gasteiger partial charge in [0.1, 0.15) is 0 Å². The van der Waals surface area contributed by atoms with Crippen molar-refractivity contribution in [2.75, 3.05) is 11.0 Å². The monoisotopic (exact) mass is 325 g/mol. The summed E-state index contributed by atoms with van der Waals surface area (Å²) in [5, 5.41) is 3.11. The van der Waals surface area contributed by atoms with Gasteiger partial charge in [-0.15, -0.1) is 0 Å². The van der Waals surface area contributed by atoms with Crippen LogP contribution in [0.3, 0.4) is 0 Å². The van der Waals surface area contributed by atoms with Crippen LogP contribution in [0.1, 0.15) is 27.2 Å². The average Bonchev–Trinajstić information content (AvgIpc) is 2.60. The molecule has 15 heavy (non-hydrogen) atoms. The summed E-state index contributed by atoms with van der Waals surface area (Å²) in [6, 6.07) is 0.283. The third-order valence-electron chi connectivity index (χ3n) is 3.01. The number of nitrogens with one attached hydrogen (secondary N) is 1. The molecule has 0 bridgehead atoms. The summed E-state index contributed by atoms with van der Waals surface area (Å²) in [5.74, 6) is 0.702. The van der Waals surface area contributed by atoms with Crippen LogP contribution >= 0.6 is 22.6 Å². The highest BCUT2D eigenvalue weighted by atomic mass is 127. The highest BCUT2D eigenvalue weighted by Gasteiger charge is 2.31. The molecule has 1 aliphatic heterocycles. The standard InChI is InChI=1S/C11H20INO2/c1-7(2)10(6-12)13-11(14)9-4-5-15-8(9)3/h7-10H,4-6H2,1-3H3,(H,13,14). The van der Waals surface area contributed by atoms with Crippen LogP contribution in [0.2, 0.25) is 0 Å². The van der Waals surface area contributed by atoms with Gasteiger partial charge in [0, 0.05) is 17.1 Å². The minimum atomic E-state index is 0.0502. The van der Waals surface area contributed by atoms with E-state index in [1.54, 1.807) is 0 Å². The van der Waals surface area contributed by atoms with Crippen molar-refractivity contribution < 1.29 is 9.53 Å². The topological polar surface area (TPSA) is 38.3 Å². The van der Waals surface area contributed by atoms with Crippen molar-refractivity contribution in [2.45, 2.75) is 39.3 Å². The van der Waals surface area contributed by atoms with Crippen molar-refractivity contribution in [1.29, 1.82) is 0 Å². The quantitative estimate of drug-likeness (QED) is 0.634. The van der Waals surface area contributed by atoms with Crippen LogP contribution in [0.15, 0.2) is 0 Å². The first-order chi connectivity index (χ1) is 7.06. The number of carbonyl (C=O) groups excluding carboxylic acids is 1.